The predicted molar refractivity (Wildman–Crippen MR) is 73.7 cm³/mol. The Balaban J connectivity index is 2.45. The molecule has 1 fully saturated rings. The topological polar surface area (TPSA) is 74.7 Å². The third-order valence-corrected chi connectivity index (χ3v) is 6.23. The summed E-state index contributed by atoms with van der Waals surface area (Å²) in [6, 6.07) is 4.07. The average Bonchev–Trinajstić information content (AvgIpc) is 2.77. The summed E-state index contributed by atoms with van der Waals surface area (Å²) in [5.41, 5.74) is 1.61. The second-order valence-electron chi connectivity index (χ2n) is 4.52. The first-order valence-corrected chi connectivity index (χ1v) is 8.33. The van der Waals surface area contributed by atoms with E-state index in [2.05, 4.69) is 0 Å². The Morgan fingerprint density at radius 3 is 2.68 bits per heavy atom. The van der Waals surface area contributed by atoms with Gasteiger partial charge in [-0.2, -0.15) is 4.31 Å². The van der Waals surface area contributed by atoms with E-state index < -0.39 is 22.0 Å². The summed E-state index contributed by atoms with van der Waals surface area (Å²) in [4.78, 5) is 11.3. The van der Waals surface area contributed by atoms with Gasteiger partial charge in [0, 0.05) is 5.75 Å². The molecule has 0 amide bonds. The second kappa shape index (κ2) is 5.15. The van der Waals surface area contributed by atoms with Crippen molar-refractivity contribution in [1.82, 2.24) is 4.31 Å². The number of carboxylic acids is 1. The Kier molecular flexibility index (Phi) is 3.89. The van der Waals surface area contributed by atoms with Gasteiger partial charge in [-0.05, 0) is 25.5 Å². The minimum Gasteiger partial charge on any atom is -0.480 e. The molecule has 1 aromatic carbocycles. The fourth-order valence-electron chi connectivity index (χ4n) is 2.07. The number of rotatable bonds is 3. The number of hydrogen-bond donors (Lipinski definition) is 1. The van der Waals surface area contributed by atoms with Crippen LogP contribution < -0.4 is 0 Å². The molecule has 0 radical (unpaired) electrons. The molecule has 1 heterocycles. The highest BCUT2D eigenvalue weighted by molar-refractivity contribution is 8.00. The van der Waals surface area contributed by atoms with Crippen molar-refractivity contribution in [2.24, 2.45) is 0 Å². The maximum atomic E-state index is 12.5. The highest BCUT2D eigenvalue weighted by Crippen LogP contribution is 2.30. The lowest BCUT2D eigenvalue weighted by Gasteiger charge is -2.21. The first-order chi connectivity index (χ1) is 8.84. The van der Waals surface area contributed by atoms with Gasteiger partial charge < -0.3 is 5.11 Å². The maximum absolute atomic E-state index is 12.5. The predicted octanol–water partition coefficient (Wildman–Crippen LogP) is 1.45. The molecule has 1 unspecified atom stereocenters. The molecule has 19 heavy (non-hydrogen) atoms. The van der Waals surface area contributed by atoms with Gasteiger partial charge in [-0.25, -0.2) is 8.42 Å². The van der Waals surface area contributed by atoms with Gasteiger partial charge in [-0.15, -0.1) is 11.8 Å². The Labute approximate surface area is 116 Å². The van der Waals surface area contributed by atoms with Crippen molar-refractivity contribution in [1.29, 1.82) is 0 Å². The van der Waals surface area contributed by atoms with E-state index in [1.165, 1.54) is 11.8 Å². The van der Waals surface area contributed by atoms with E-state index >= 15 is 0 Å². The monoisotopic (exact) mass is 301 g/mol. The number of sulfonamides is 1. The van der Waals surface area contributed by atoms with E-state index in [1.807, 2.05) is 6.92 Å². The molecule has 1 aliphatic heterocycles. The third kappa shape index (κ3) is 2.63. The molecule has 1 N–H and O–H groups in total. The lowest BCUT2D eigenvalue weighted by Crippen LogP contribution is -2.41. The Hall–Kier alpha value is -1.05. The number of aliphatic carboxylic acids is 1. The van der Waals surface area contributed by atoms with Crippen LogP contribution in [0.5, 0.6) is 0 Å². The maximum Gasteiger partial charge on any atom is 0.322 e. The quantitative estimate of drug-likeness (QED) is 0.914. The summed E-state index contributed by atoms with van der Waals surface area (Å²) < 4.78 is 26.1. The van der Waals surface area contributed by atoms with Crippen molar-refractivity contribution in [3.05, 3.63) is 29.3 Å². The Bertz CT molecular complexity index is 612. The van der Waals surface area contributed by atoms with Crippen LogP contribution in [0.3, 0.4) is 0 Å². The minimum absolute atomic E-state index is 0.187. The van der Waals surface area contributed by atoms with Crippen LogP contribution in [0, 0.1) is 13.8 Å². The van der Waals surface area contributed by atoms with Crippen LogP contribution >= 0.6 is 11.8 Å². The zero-order valence-electron chi connectivity index (χ0n) is 10.7. The molecular formula is C12H15NO4S2. The molecule has 0 aliphatic carbocycles. The largest absolute Gasteiger partial charge is 0.480 e. The van der Waals surface area contributed by atoms with Gasteiger partial charge in [0.15, 0.2) is 0 Å². The van der Waals surface area contributed by atoms with Crippen LogP contribution in [0.2, 0.25) is 0 Å². The number of aryl methyl sites for hydroxylation is 2. The summed E-state index contributed by atoms with van der Waals surface area (Å²) >= 11 is 1.32. The first kappa shape index (κ1) is 14.4. The van der Waals surface area contributed by atoms with Crippen LogP contribution in [-0.4, -0.2) is 41.5 Å². The van der Waals surface area contributed by atoms with E-state index in [4.69, 9.17) is 5.11 Å². The van der Waals surface area contributed by atoms with Gasteiger partial charge in [-0.3, -0.25) is 4.79 Å². The van der Waals surface area contributed by atoms with Crippen LogP contribution in [0.15, 0.2) is 23.1 Å². The summed E-state index contributed by atoms with van der Waals surface area (Å²) in [6.07, 6.45) is 0. The second-order valence-corrected chi connectivity index (χ2v) is 7.37. The molecule has 7 heteroatoms. The zero-order chi connectivity index (χ0) is 14.2. The first-order valence-electron chi connectivity index (χ1n) is 5.73. The number of nitrogens with zero attached hydrogens (tertiary/aromatic N) is 1. The number of carbonyl (C=O) groups is 1. The number of thioether (sulfide) groups is 1. The Morgan fingerprint density at radius 2 is 2.11 bits per heavy atom. The molecule has 0 saturated carbocycles. The number of carboxylic acid groups (broad SMARTS) is 1. The molecule has 5 nitrogen and oxygen atoms in total. The van der Waals surface area contributed by atoms with Gasteiger partial charge in [-0.1, -0.05) is 17.7 Å². The highest BCUT2D eigenvalue weighted by Gasteiger charge is 2.40. The molecule has 1 saturated heterocycles. The molecule has 1 aliphatic rings. The van der Waals surface area contributed by atoms with Crippen molar-refractivity contribution in [3.8, 4) is 0 Å². The SMILES string of the molecule is Cc1ccc(S(=O)(=O)N2CSCC2C(=O)O)c(C)c1. The number of benzene rings is 1. The van der Waals surface area contributed by atoms with E-state index in [1.54, 1.807) is 25.1 Å². The van der Waals surface area contributed by atoms with Gasteiger partial charge in [0.25, 0.3) is 0 Å². The summed E-state index contributed by atoms with van der Waals surface area (Å²) in [5.74, 6) is -0.620. The van der Waals surface area contributed by atoms with Gasteiger partial charge in [0.2, 0.25) is 10.0 Å². The summed E-state index contributed by atoms with van der Waals surface area (Å²) in [7, 11) is -3.75. The van der Waals surface area contributed by atoms with Crippen LogP contribution in [0.25, 0.3) is 0 Å². The molecular weight excluding hydrogens is 286 g/mol. The normalized spacial score (nSPS) is 20.6. The smallest absolute Gasteiger partial charge is 0.322 e. The molecule has 104 valence electrons. The van der Waals surface area contributed by atoms with Crippen LogP contribution in [0.4, 0.5) is 0 Å². The van der Waals surface area contributed by atoms with Crippen molar-refractivity contribution < 1.29 is 18.3 Å². The lowest BCUT2D eigenvalue weighted by atomic mass is 10.2. The Morgan fingerprint density at radius 1 is 1.42 bits per heavy atom. The molecule has 2 rings (SSSR count). The van der Waals surface area contributed by atoms with Gasteiger partial charge in [0.1, 0.15) is 6.04 Å². The summed E-state index contributed by atoms with van der Waals surface area (Å²) in [5, 5.41) is 9.09. The van der Waals surface area contributed by atoms with Gasteiger partial charge in [0.05, 0.1) is 10.8 Å². The molecule has 0 aromatic heterocycles. The van der Waals surface area contributed by atoms with E-state index in [0.29, 0.717) is 11.3 Å². The fourth-order valence-corrected chi connectivity index (χ4v) is 5.42. The summed E-state index contributed by atoms with van der Waals surface area (Å²) in [6.45, 7) is 3.61. The minimum atomic E-state index is -3.75. The molecule has 1 aromatic rings. The van der Waals surface area contributed by atoms with Crippen molar-refractivity contribution in [2.45, 2.75) is 24.8 Å². The zero-order valence-corrected chi connectivity index (χ0v) is 12.3. The van der Waals surface area contributed by atoms with E-state index in [9.17, 15) is 13.2 Å². The van der Waals surface area contributed by atoms with Crippen LogP contribution in [-0.2, 0) is 14.8 Å². The van der Waals surface area contributed by atoms with Crippen molar-refractivity contribution in [3.63, 3.8) is 0 Å². The highest BCUT2D eigenvalue weighted by atomic mass is 32.2. The van der Waals surface area contributed by atoms with E-state index in [-0.39, 0.29) is 10.8 Å². The molecule has 1 atom stereocenters. The molecule has 0 spiro atoms. The van der Waals surface area contributed by atoms with Crippen molar-refractivity contribution >= 4 is 27.8 Å². The number of hydrogen-bond acceptors (Lipinski definition) is 4. The fraction of sp³-hybridized carbons (Fsp3) is 0.417. The lowest BCUT2D eigenvalue weighted by molar-refractivity contribution is -0.140. The van der Waals surface area contributed by atoms with Crippen molar-refractivity contribution in [2.75, 3.05) is 11.6 Å². The average molecular weight is 301 g/mol. The molecule has 0 bridgehead atoms. The standard InChI is InChI=1S/C12H15NO4S2/c1-8-3-4-11(9(2)5-8)19(16,17)13-7-18-6-10(13)12(14)15/h3-5,10H,6-7H2,1-2H3,(H,14,15). The van der Waals surface area contributed by atoms with E-state index in [0.717, 1.165) is 9.87 Å². The van der Waals surface area contributed by atoms with Crippen LogP contribution in [0.1, 0.15) is 11.1 Å². The van der Waals surface area contributed by atoms with Gasteiger partial charge >= 0.3 is 5.97 Å². The third-order valence-electron chi connectivity index (χ3n) is 3.04.